The minimum Gasteiger partial charge on any atom is -0.481 e. The van der Waals surface area contributed by atoms with Crippen molar-refractivity contribution in [1.82, 2.24) is 0 Å². The Labute approximate surface area is 99.7 Å². The monoisotopic (exact) mass is 246 g/mol. The van der Waals surface area contributed by atoms with Crippen molar-refractivity contribution < 1.29 is 19.4 Å². The van der Waals surface area contributed by atoms with Gasteiger partial charge in [0.05, 0.1) is 19.1 Å². The lowest BCUT2D eigenvalue weighted by Gasteiger charge is -2.23. The van der Waals surface area contributed by atoms with Crippen molar-refractivity contribution in [3.05, 3.63) is 0 Å². The van der Waals surface area contributed by atoms with E-state index in [-0.39, 0.29) is 18.8 Å². The molecule has 4 nitrogen and oxygen atoms in total. The summed E-state index contributed by atoms with van der Waals surface area (Å²) >= 11 is 1.99. The standard InChI is InChI=1S/C11H18O4S/c12-10(13)5-9-6-14-11(15-9)4-8-2-1-3-16-7-8/h8-9,11H,1-7H2,(H,12,13). The van der Waals surface area contributed by atoms with E-state index in [0.29, 0.717) is 12.5 Å². The molecule has 2 saturated heterocycles. The lowest BCUT2D eigenvalue weighted by Crippen LogP contribution is -2.21. The van der Waals surface area contributed by atoms with Gasteiger partial charge in [-0.15, -0.1) is 0 Å². The fourth-order valence-electron chi connectivity index (χ4n) is 2.20. The number of hydrogen-bond donors (Lipinski definition) is 1. The van der Waals surface area contributed by atoms with Crippen LogP contribution in [0, 0.1) is 5.92 Å². The molecule has 0 aromatic rings. The molecule has 2 heterocycles. The van der Waals surface area contributed by atoms with Crippen LogP contribution in [0.15, 0.2) is 0 Å². The Morgan fingerprint density at radius 1 is 1.50 bits per heavy atom. The van der Waals surface area contributed by atoms with Crippen LogP contribution in [0.2, 0.25) is 0 Å². The first-order valence-electron chi connectivity index (χ1n) is 5.80. The van der Waals surface area contributed by atoms with Crippen LogP contribution in [0.3, 0.4) is 0 Å². The van der Waals surface area contributed by atoms with Crippen LogP contribution in [0.4, 0.5) is 0 Å². The van der Waals surface area contributed by atoms with Gasteiger partial charge in [0.25, 0.3) is 0 Å². The van der Waals surface area contributed by atoms with E-state index in [4.69, 9.17) is 14.6 Å². The minimum atomic E-state index is -0.817. The zero-order chi connectivity index (χ0) is 11.4. The van der Waals surface area contributed by atoms with E-state index < -0.39 is 5.97 Å². The molecule has 2 aliphatic rings. The molecule has 0 radical (unpaired) electrons. The average Bonchev–Trinajstić information content (AvgIpc) is 2.66. The Morgan fingerprint density at radius 2 is 2.38 bits per heavy atom. The van der Waals surface area contributed by atoms with E-state index in [2.05, 4.69) is 0 Å². The summed E-state index contributed by atoms with van der Waals surface area (Å²) in [6.07, 6.45) is 3.08. The van der Waals surface area contributed by atoms with Gasteiger partial charge >= 0.3 is 5.97 Å². The third-order valence-corrected chi connectivity index (χ3v) is 4.28. The smallest absolute Gasteiger partial charge is 0.306 e. The molecule has 0 bridgehead atoms. The zero-order valence-electron chi connectivity index (χ0n) is 9.26. The second-order valence-electron chi connectivity index (χ2n) is 4.44. The van der Waals surface area contributed by atoms with E-state index in [9.17, 15) is 4.79 Å². The van der Waals surface area contributed by atoms with Crippen LogP contribution in [-0.2, 0) is 14.3 Å². The second-order valence-corrected chi connectivity index (χ2v) is 5.59. The maximum atomic E-state index is 10.5. The molecule has 16 heavy (non-hydrogen) atoms. The fraction of sp³-hybridized carbons (Fsp3) is 0.909. The van der Waals surface area contributed by atoms with Gasteiger partial charge in [-0.3, -0.25) is 4.79 Å². The summed E-state index contributed by atoms with van der Waals surface area (Å²) in [5, 5.41) is 8.64. The van der Waals surface area contributed by atoms with Crippen molar-refractivity contribution in [1.29, 1.82) is 0 Å². The highest BCUT2D eigenvalue weighted by molar-refractivity contribution is 7.99. The predicted molar refractivity (Wildman–Crippen MR) is 61.5 cm³/mol. The van der Waals surface area contributed by atoms with Gasteiger partial charge in [0.1, 0.15) is 0 Å². The first kappa shape index (κ1) is 12.2. The first-order valence-corrected chi connectivity index (χ1v) is 6.96. The van der Waals surface area contributed by atoms with E-state index in [1.807, 2.05) is 11.8 Å². The third kappa shape index (κ3) is 3.64. The van der Waals surface area contributed by atoms with E-state index in [0.717, 1.165) is 6.42 Å². The van der Waals surface area contributed by atoms with Crippen LogP contribution >= 0.6 is 11.8 Å². The molecule has 92 valence electrons. The van der Waals surface area contributed by atoms with Crippen LogP contribution in [-0.4, -0.2) is 41.6 Å². The maximum Gasteiger partial charge on any atom is 0.306 e. The van der Waals surface area contributed by atoms with Crippen molar-refractivity contribution in [3.8, 4) is 0 Å². The normalized spacial score (nSPS) is 35.1. The molecule has 0 aromatic carbocycles. The number of rotatable bonds is 4. The Hall–Kier alpha value is -0.260. The van der Waals surface area contributed by atoms with Crippen LogP contribution in [0.1, 0.15) is 25.7 Å². The number of carboxylic acid groups (broad SMARTS) is 1. The molecule has 0 aliphatic carbocycles. The van der Waals surface area contributed by atoms with Gasteiger partial charge < -0.3 is 14.6 Å². The lowest BCUT2D eigenvalue weighted by molar-refractivity contribution is -0.140. The maximum absolute atomic E-state index is 10.5. The van der Waals surface area contributed by atoms with Crippen molar-refractivity contribution >= 4 is 17.7 Å². The Bertz CT molecular complexity index is 240. The van der Waals surface area contributed by atoms with Crippen molar-refractivity contribution in [2.24, 2.45) is 5.92 Å². The quantitative estimate of drug-likeness (QED) is 0.818. The molecular formula is C11H18O4S. The lowest BCUT2D eigenvalue weighted by atomic mass is 10.0. The van der Waals surface area contributed by atoms with E-state index in [1.54, 1.807) is 0 Å². The van der Waals surface area contributed by atoms with Crippen LogP contribution < -0.4 is 0 Å². The number of aliphatic carboxylic acids is 1. The predicted octanol–water partition coefficient (Wildman–Crippen LogP) is 1.74. The van der Waals surface area contributed by atoms with Crippen LogP contribution in [0.25, 0.3) is 0 Å². The Morgan fingerprint density at radius 3 is 3.06 bits per heavy atom. The summed E-state index contributed by atoms with van der Waals surface area (Å²) in [6.45, 7) is 0.427. The number of hydrogen-bond acceptors (Lipinski definition) is 4. The fourth-order valence-corrected chi connectivity index (χ4v) is 3.37. The summed E-state index contributed by atoms with van der Waals surface area (Å²) < 4.78 is 11.0. The van der Waals surface area contributed by atoms with E-state index in [1.165, 1.54) is 24.3 Å². The van der Waals surface area contributed by atoms with Crippen molar-refractivity contribution in [2.45, 2.75) is 38.1 Å². The third-order valence-electron chi connectivity index (χ3n) is 2.99. The van der Waals surface area contributed by atoms with Gasteiger partial charge in [0.2, 0.25) is 0 Å². The van der Waals surface area contributed by atoms with E-state index >= 15 is 0 Å². The molecule has 3 unspecified atom stereocenters. The van der Waals surface area contributed by atoms with Gasteiger partial charge in [0, 0.05) is 6.42 Å². The second kappa shape index (κ2) is 5.89. The molecule has 5 heteroatoms. The number of thioether (sulfide) groups is 1. The van der Waals surface area contributed by atoms with Gasteiger partial charge in [-0.1, -0.05) is 0 Å². The Kier molecular flexibility index (Phi) is 4.49. The van der Waals surface area contributed by atoms with Gasteiger partial charge in [0.15, 0.2) is 6.29 Å². The minimum absolute atomic E-state index is 0.0515. The zero-order valence-corrected chi connectivity index (χ0v) is 10.1. The first-order chi connectivity index (χ1) is 7.74. The van der Waals surface area contributed by atoms with Gasteiger partial charge in [-0.05, 0) is 30.3 Å². The molecule has 0 aromatic heterocycles. The van der Waals surface area contributed by atoms with Gasteiger partial charge in [-0.25, -0.2) is 0 Å². The molecule has 0 amide bonds. The van der Waals surface area contributed by atoms with Crippen LogP contribution in [0.5, 0.6) is 0 Å². The summed E-state index contributed by atoms with van der Waals surface area (Å²) in [5.74, 6) is 2.31. The summed E-state index contributed by atoms with van der Waals surface area (Å²) in [6, 6.07) is 0. The highest BCUT2D eigenvalue weighted by atomic mass is 32.2. The van der Waals surface area contributed by atoms with Gasteiger partial charge in [-0.2, -0.15) is 11.8 Å². The number of carboxylic acids is 1. The molecule has 3 atom stereocenters. The molecule has 0 spiro atoms. The SMILES string of the molecule is O=C(O)CC1COC(CC2CCCSC2)O1. The average molecular weight is 246 g/mol. The van der Waals surface area contributed by atoms with Crippen molar-refractivity contribution in [2.75, 3.05) is 18.1 Å². The summed E-state index contributed by atoms with van der Waals surface area (Å²) in [5.41, 5.74) is 0. The highest BCUT2D eigenvalue weighted by Gasteiger charge is 2.30. The molecule has 0 saturated carbocycles. The molecule has 2 fully saturated rings. The highest BCUT2D eigenvalue weighted by Crippen LogP contribution is 2.29. The number of ether oxygens (including phenoxy) is 2. The molecule has 2 aliphatic heterocycles. The molecular weight excluding hydrogens is 228 g/mol. The summed E-state index contributed by atoms with van der Waals surface area (Å²) in [4.78, 5) is 10.5. The largest absolute Gasteiger partial charge is 0.481 e. The van der Waals surface area contributed by atoms with Crippen molar-refractivity contribution in [3.63, 3.8) is 0 Å². The number of carbonyl (C=O) groups is 1. The topological polar surface area (TPSA) is 55.8 Å². The summed E-state index contributed by atoms with van der Waals surface area (Å²) in [7, 11) is 0. The molecule has 2 rings (SSSR count). The molecule has 1 N–H and O–H groups in total. The Balaban J connectivity index is 1.69.